The number of alkyl halides is 1. The molecular formula is C14H26ClN3O. The third-order valence-electron chi connectivity index (χ3n) is 4.38. The highest BCUT2D eigenvalue weighted by Gasteiger charge is 2.21. The summed E-state index contributed by atoms with van der Waals surface area (Å²) in [5, 5.41) is 6.46. The molecule has 5 heteroatoms. The number of halogens is 1. The fraction of sp³-hybridized carbons (Fsp3) is 0.929. The van der Waals surface area contributed by atoms with Gasteiger partial charge in [-0.15, -0.1) is 11.6 Å². The van der Waals surface area contributed by atoms with E-state index in [1.165, 1.54) is 0 Å². The summed E-state index contributed by atoms with van der Waals surface area (Å²) in [6.07, 6.45) is 6.57. The molecule has 2 fully saturated rings. The molecule has 0 aromatic rings. The fourth-order valence-electron chi connectivity index (χ4n) is 2.95. The summed E-state index contributed by atoms with van der Waals surface area (Å²) in [4.78, 5) is 14.1. The summed E-state index contributed by atoms with van der Waals surface area (Å²) in [5.74, 6) is 0.609. The molecule has 0 atom stereocenters. The number of likely N-dealkylation sites (tertiary alicyclic amines) is 1. The van der Waals surface area contributed by atoms with Crippen LogP contribution in [0.15, 0.2) is 0 Å². The molecule has 1 saturated carbocycles. The summed E-state index contributed by atoms with van der Waals surface area (Å²) in [5.41, 5.74) is 0. The monoisotopic (exact) mass is 287 g/mol. The predicted molar refractivity (Wildman–Crippen MR) is 78.7 cm³/mol. The van der Waals surface area contributed by atoms with E-state index in [4.69, 9.17) is 11.6 Å². The maximum absolute atomic E-state index is 11.8. The van der Waals surface area contributed by atoms with Gasteiger partial charge in [0.15, 0.2) is 0 Å². The lowest BCUT2D eigenvalue weighted by molar-refractivity contribution is 0.211. The van der Waals surface area contributed by atoms with Gasteiger partial charge in [-0.2, -0.15) is 0 Å². The van der Waals surface area contributed by atoms with Crippen LogP contribution in [0.4, 0.5) is 4.79 Å². The van der Waals surface area contributed by atoms with Crippen molar-refractivity contribution in [3.63, 3.8) is 0 Å². The van der Waals surface area contributed by atoms with Gasteiger partial charge >= 0.3 is 6.03 Å². The standard InChI is InChI=1S/C14H26ClN3O/c1-18-8-6-13(7-9-18)17-14(19)16-10-11-2-4-12(15)5-3-11/h11-13H,2-10H2,1H3,(H2,16,17,19). The Morgan fingerprint density at radius 1 is 1.16 bits per heavy atom. The van der Waals surface area contributed by atoms with Crippen molar-refractivity contribution >= 4 is 17.6 Å². The molecule has 0 aromatic carbocycles. The first-order valence-electron chi connectivity index (χ1n) is 7.50. The number of carbonyl (C=O) groups is 1. The van der Waals surface area contributed by atoms with Crippen LogP contribution in [0, 0.1) is 5.92 Å². The number of urea groups is 1. The molecular weight excluding hydrogens is 262 g/mol. The maximum Gasteiger partial charge on any atom is 0.315 e. The normalized spacial score (nSPS) is 30.0. The fourth-order valence-corrected chi connectivity index (χ4v) is 3.20. The molecule has 2 N–H and O–H groups in total. The Hall–Kier alpha value is -0.480. The molecule has 1 heterocycles. The van der Waals surface area contributed by atoms with Gasteiger partial charge in [0, 0.05) is 18.0 Å². The Kier molecular flexibility index (Phi) is 5.76. The number of carbonyl (C=O) groups excluding carboxylic acids is 1. The van der Waals surface area contributed by atoms with Crippen molar-refractivity contribution in [3.8, 4) is 0 Å². The first-order valence-corrected chi connectivity index (χ1v) is 7.94. The molecule has 2 amide bonds. The zero-order chi connectivity index (χ0) is 13.7. The highest BCUT2D eigenvalue weighted by molar-refractivity contribution is 6.20. The highest BCUT2D eigenvalue weighted by atomic mass is 35.5. The first kappa shape index (κ1) is 14.9. The Morgan fingerprint density at radius 2 is 1.79 bits per heavy atom. The SMILES string of the molecule is CN1CCC(NC(=O)NCC2CCC(Cl)CC2)CC1. The van der Waals surface area contributed by atoms with Gasteiger partial charge in [0.1, 0.15) is 0 Å². The van der Waals surface area contributed by atoms with E-state index in [0.717, 1.165) is 58.2 Å². The summed E-state index contributed by atoms with van der Waals surface area (Å²) < 4.78 is 0. The summed E-state index contributed by atoms with van der Waals surface area (Å²) in [6, 6.07) is 0.345. The van der Waals surface area contributed by atoms with Crippen molar-refractivity contribution in [1.82, 2.24) is 15.5 Å². The second-order valence-corrected chi connectivity index (χ2v) is 6.67. The van der Waals surface area contributed by atoms with E-state index in [9.17, 15) is 4.79 Å². The number of hydrogen-bond donors (Lipinski definition) is 2. The number of nitrogens with zero attached hydrogens (tertiary/aromatic N) is 1. The van der Waals surface area contributed by atoms with E-state index in [1.807, 2.05) is 0 Å². The smallest absolute Gasteiger partial charge is 0.315 e. The Balaban J connectivity index is 1.59. The van der Waals surface area contributed by atoms with Crippen LogP contribution in [0.2, 0.25) is 0 Å². The van der Waals surface area contributed by atoms with E-state index in [-0.39, 0.29) is 6.03 Å². The van der Waals surface area contributed by atoms with E-state index in [1.54, 1.807) is 0 Å². The van der Waals surface area contributed by atoms with Crippen LogP contribution < -0.4 is 10.6 Å². The average molecular weight is 288 g/mol. The Bertz CT molecular complexity index is 284. The van der Waals surface area contributed by atoms with Crippen molar-refractivity contribution in [2.24, 2.45) is 5.92 Å². The minimum atomic E-state index is 0.00236. The molecule has 2 rings (SSSR count). The van der Waals surface area contributed by atoms with Crippen molar-refractivity contribution in [2.75, 3.05) is 26.7 Å². The lowest BCUT2D eigenvalue weighted by Gasteiger charge is -2.30. The van der Waals surface area contributed by atoms with Crippen LogP contribution in [0.3, 0.4) is 0 Å². The van der Waals surface area contributed by atoms with Gasteiger partial charge < -0.3 is 15.5 Å². The molecule has 0 radical (unpaired) electrons. The van der Waals surface area contributed by atoms with Gasteiger partial charge in [-0.25, -0.2) is 4.79 Å². The third kappa shape index (κ3) is 5.19. The molecule has 0 bridgehead atoms. The van der Waals surface area contributed by atoms with Gasteiger partial charge in [-0.05, 0) is 64.6 Å². The van der Waals surface area contributed by atoms with Crippen LogP contribution in [0.25, 0.3) is 0 Å². The molecule has 1 aliphatic heterocycles. The molecule has 0 spiro atoms. The summed E-state index contributed by atoms with van der Waals surface area (Å²) in [7, 11) is 2.13. The van der Waals surface area contributed by atoms with E-state index in [2.05, 4.69) is 22.6 Å². The molecule has 0 unspecified atom stereocenters. The zero-order valence-corrected chi connectivity index (χ0v) is 12.6. The number of rotatable bonds is 3. The minimum Gasteiger partial charge on any atom is -0.338 e. The summed E-state index contributed by atoms with van der Waals surface area (Å²) in [6.45, 7) is 2.94. The lowest BCUT2D eigenvalue weighted by Crippen LogP contribution is -2.48. The van der Waals surface area contributed by atoms with E-state index < -0.39 is 0 Å². The Morgan fingerprint density at radius 3 is 2.42 bits per heavy atom. The third-order valence-corrected chi connectivity index (χ3v) is 4.82. The van der Waals surface area contributed by atoms with Crippen LogP contribution in [0.5, 0.6) is 0 Å². The first-order chi connectivity index (χ1) is 9.13. The molecule has 19 heavy (non-hydrogen) atoms. The van der Waals surface area contributed by atoms with Gasteiger partial charge in [0.05, 0.1) is 0 Å². The highest BCUT2D eigenvalue weighted by Crippen LogP contribution is 2.26. The molecule has 110 valence electrons. The van der Waals surface area contributed by atoms with E-state index >= 15 is 0 Å². The number of piperidine rings is 1. The molecule has 0 aromatic heterocycles. The minimum absolute atomic E-state index is 0.00236. The number of hydrogen-bond acceptors (Lipinski definition) is 2. The molecule has 1 saturated heterocycles. The zero-order valence-electron chi connectivity index (χ0n) is 11.8. The molecule has 4 nitrogen and oxygen atoms in total. The van der Waals surface area contributed by atoms with Crippen molar-refractivity contribution < 1.29 is 4.79 Å². The second-order valence-electron chi connectivity index (χ2n) is 6.05. The summed E-state index contributed by atoms with van der Waals surface area (Å²) >= 11 is 6.08. The van der Waals surface area contributed by atoms with Crippen molar-refractivity contribution in [2.45, 2.75) is 49.9 Å². The number of nitrogens with one attached hydrogen (secondary N) is 2. The van der Waals surface area contributed by atoms with Gasteiger partial charge in [-0.1, -0.05) is 0 Å². The van der Waals surface area contributed by atoms with Gasteiger partial charge in [0.2, 0.25) is 0 Å². The predicted octanol–water partition coefficient (Wildman–Crippen LogP) is 2.18. The maximum atomic E-state index is 11.8. The van der Waals surface area contributed by atoms with Crippen LogP contribution in [-0.2, 0) is 0 Å². The van der Waals surface area contributed by atoms with Gasteiger partial charge in [0.25, 0.3) is 0 Å². The Labute approximate surface area is 121 Å². The second kappa shape index (κ2) is 7.34. The topological polar surface area (TPSA) is 44.4 Å². The molecule has 2 aliphatic rings. The van der Waals surface area contributed by atoms with Crippen molar-refractivity contribution in [1.29, 1.82) is 0 Å². The van der Waals surface area contributed by atoms with Gasteiger partial charge in [-0.3, -0.25) is 0 Å². The van der Waals surface area contributed by atoms with Crippen LogP contribution in [-0.4, -0.2) is 49.0 Å². The average Bonchev–Trinajstić information content (AvgIpc) is 2.41. The number of amides is 2. The van der Waals surface area contributed by atoms with Crippen LogP contribution in [0.1, 0.15) is 38.5 Å². The lowest BCUT2D eigenvalue weighted by atomic mass is 9.89. The van der Waals surface area contributed by atoms with Crippen LogP contribution >= 0.6 is 11.6 Å². The molecule has 1 aliphatic carbocycles. The van der Waals surface area contributed by atoms with E-state index in [0.29, 0.717) is 17.3 Å². The quantitative estimate of drug-likeness (QED) is 0.782. The van der Waals surface area contributed by atoms with Crippen molar-refractivity contribution in [3.05, 3.63) is 0 Å². The largest absolute Gasteiger partial charge is 0.338 e.